The lowest BCUT2D eigenvalue weighted by molar-refractivity contribution is 0.152. The van der Waals surface area contributed by atoms with Crippen molar-refractivity contribution >= 4 is 34.7 Å². The standard InChI is InChI=1S/C16H26N6O2S/c1-5-9-25-15-20-13(19-11(3)4)12-10-18-22(14(12)21-15)8-7-17-16(23)24-6-2/h10-11H,5-9H2,1-4H3,(H,17,23)(H,19,20,21). The first kappa shape index (κ1) is 19.3. The molecule has 0 saturated carbocycles. The summed E-state index contributed by atoms with van der Waals surface area (Å²) in [6, 6.07) is 0.260. The van der Waals surface area contributed by atoms with Crippen LogP contribution in [-0.4, -0.2) is 50.8 Å². The number of hydrogen-bond donors (Lipinski definition) is 2. The summed E-state index contributed by atoms with van der Waals surface area (Å²) in [4.78, 5) is 20.6. The van der Waals surface area contributed by atoms with Gasteiger partial charge < -0.3 is 15.4 Å². The molecule has 2 heterocycles. The van der Waals surface area contributed by atoms with Crippen molar-refractivity contribution in [3.63, 3.8) is 0 Å². The molecule has 0 aliphatic heterocycles. The SMILES string of the molecule is CCCSc1nc(NC(C)C)c2cnn(CCNC(=O)OCC)c2n1. The minimum atomic E-state index is -0.421. The first-order valence-corrected chi connectivity index (χ1v) is 9.57. The molecule has 2 aromatic rings. The van der Waals surface area contributed by atoms with E-state index in [1.807, 2.05) is 0 Å². The Balaban J connectivity index is 2.21. The molecular weight excluding hydrogens is 340 g/mol. The molecule has 0 atom stereocenters. The number of nitrogens with one attached hydrogen (secondary N) is 2. The molecule has 25 heavy (non-hydrogen) atoms. The first-order valence-electron chi connectivity index (χ1n) is 8.58. The van der Waals surface area contributed by atoms with Gasteiger partial charge in [-0.2, -0.15) is 5.10 Å². The normalized spacial score (nSPS) is 11.1. The number of aromatic nitrogens is 4. The smallest absolute Gasteiger partial charge is 0.407 e. The minimum Gasteiger partial charge on any atom is -0.450 e. The van der Waals surface area contributed by atoms with Crippen LogP contribution in [0.1, 0.15) is 34.1 Å². The molecule has 0 saturated heterocycles. The number of ether oxygens (including phenoxy) is 1. The summed E-state index contributed by atoms with van der Waals surface area (Å²) in [6.45, 7) is 9.33. The molecule has 0 aliphatic rings. The van der Waals surface area contributed by atoms with Crippen LogP contribution >= 0.6 is 11.8 Å². The van der Waals surface area contributed by atoms with Gasteiger partial charge in [-0.05, 0) is 27.2 Å². The topological polar surface area (TPSA) is 94.0 Å². The average molecular weight is 366 g/mol. The third-order valence-electron chi connectivity index (χ3n) is 3.20. The number of anilines is 1. The van der Waals surface area contributed by atoms with Gasteiger partial charge in [-0.1, -0.05) is 18.7 Å². The summed E-state index contributed by atoms with van der Waals surface area (Å²) in [5.41, 5.74) is 0.766. The quantitative estimate of drug-likeness (QED) is 0.520. The summed E-state index contributed by atoms with van der Waals surface area (Å²) in [5.74, 6) is 1.76. The van der Waals surface area contributed by atoms with Crippen molar-refractivity contribution in [3.05, 3.63) is 6.20 Å². The number of nitrogens with zero attached hydrogens (tertiary/aromatic N) is 4. The predicted molar refractivity (Wildman–Crippen MR) is 100 cm³/mol. The van der Waals surface area contributed by atoms with E-state index in [-0.39, 0.29) is 6.04 Å². The number of carbonyl (C=O) groups is 1. The van der Waals surface area contributed by atoms with E-state index in [0.29, 0.717) is 19.7 Å². The Morgan fingerprint density at radius 2 is 2.16 bits per heavy atom. The van der Waals surface area contributed by atoms with Crippen molar-refractivity contribution in [1.29, 1.82) is 0 Å². The first-order chi connectivity index (χ1) is 12.0. The van der Waals surface area contributed by atoms with Crippen LogP contribution in [0.2, 0.25) is 0 Å². The average Bonchev–Trinajstić information content (AvgIpc) is 2.96. The molecule has 0 radical (unpaired) electrons. The fourth-order valence-corrected chi connectivity index (χ4v) is 2.88. The van der Waals surface area contributed by atoms with E-state index in [1.165, 1.54) is 0 Å². The Kier molecular flexibility index (Phi) is 7.30. The second-order valence-electron chi connectivity index (χ2n) is 5.75. The third kappa shape index (κ3) is 5.48. The molecule has 0 unspecified atom stereocenters. The maximum atomic E-state index is 11.4. The van der Waals surface area contributed by atoms with Gasteiger partial charge in [-0.25, -0.2) is 19.4 Å². The lowest BCUT2D eigenvalue weighted by Gasteiger charge is -2.12. The number of carbonyl (C=O) groups excluding carboxylic acids is 1. The van der Waals surface area contributed by atoms with Gasteiger partial charge in [0.25, 0.3) is 0 Å². The molecule has 0 bridgehead atoms. The van der Waals surface area contributed by atoms with Crippen LogP contribution in [0.15, 0.2) is 11.4 Å². The van der Waals surface area contributed by atoms with E-state index < -0.39 is 6.09 Å². The molecule has 0 aliphatic carbocycles. The van der Waals surface area contributed by atoms with Gasteiger partial charge in [0.2, 0.25) is 0 Å². The van der Waals surface area contributed by atoms with Gasteiger partial charge >= 0.3 is 6.09 Å². The molecule has 138 valence electrons. The highest BCUT2D eigenvalue weighted by Crippen LogP contribution is 2.25. The van der Waals surface area contributed by atoms with Crippen LogP contribution < -0.4 is 10.6 Å². The lowest BCUT2D eigenvalue weighted by Crippen LogP contribution is -2.28. The van der Waals surface area contributed by atoms with E-state index >= 15 is 0 Å². The van der Waals surface area contributed by atoms with Crippen LogP contribution in [0.3, 0.4) is 0 Å². The van der Waals surface area contributed by atoms with Crippen molar-refractivity contribution in [2.24, 2.45) is 0 Å². The van der Waals surface area contributed by atoms with Gasteiger partial charge in [0.05, 0.1) is 24.7 Å². The third-order valence-corrected chi connectivity index (χ3v) is 4.26. The Morgan fingerprint density at radius 3 is 2.84 bits per heavy atom. The molecule has 8 nitrogen and oxygen atoms in total. The molecule has 2 aromatic heterocycles. The van der Waals surface area contributed by atoms with E-state index in [4.69, 9.17) is 4.74 Å². The molecule has 0 aromatic carbocycles. The van der Waals surface area contributed by atoms with Crippen LogP contribution in [0.5, 0.6) is 0 Å². The van der Waals surface area contributed by atoms with Gasteiger partial charge in [-0.3, -0.25) is 0 Å². The zero-order chi connectivity index (χ0) is 18.2. The number of amides is 1. The Labute approximate surface area is 152 Å². The van der Waals surface area contributed by atoms with Crippen LogP contribution in [0.4, 0.5) is 10.6 Å². The van der Waals surface area contributed by atoms with Gasteiger partial charge in [0.15, 0.2) is 10.8 Å². The van der Waals surface area contributed by atoms with Crippen molar-refractivity contribution in [2.45, 2.75) is 51.9 Å². The monoisotopic (exact) mass is 366 g/mol. The zero-order valence-electron chi connectivity index (χ0n) is 15.2. The van der Waals surface area contributed by atoms with Crippen molar-refractivity contribution in [2.75, 3.05) is 24.2 Å². The molecule has 9 heteroatoms. The van der Waals surface area contributed by atoms with Crippen molar-refractivity contribution in [3.8, 4) is 0 Å². The Hall–Kier alpha value is -2.03. The highest BCUT2D eigenvalue weighted by Gasteiger charge is 2.14. The van der Waals surface area contributed by atoms with E-state index in [1.54, 1.807) is 29.6 Å². The fourth-order valence-electron chi connectivity index (χ4n) is 2.19. The van der Waals surface area contributed by atoms with E-state index in [9.17, 15) is 4.79 Å². The fraction of sp³-hybridized carbons (Fsp3) is 0.625. The molecule has 2 N–H and O–H groups in total. The maximum Gasteiger partial charge on any atom is 0.407 e. The molecule has 0 fully saturated rings. The van der Waals surface area contributed by atoms with E-state index in [2.05, 4.69) is 46.5 Å². The van der Waals surface area contributed by atoms with Gasteiger partial charge in [0, 0.05) is 18.3 Å². The number of hydrogen-bond acceptors (Lipinski definition) is 7. The highest BCUT2D eigenvalue weighted by atomic mass is 32.2. The highest BCUT2D eigenvalue weighted by molar-refractivity contribution is 7.99. The van der Waals surface area contributed by atoms with Crippen molar-refractivity contribution in [1.82, 2.24) is 25.1 Å². The molecular formula is C16H26N6O2S. The Morgan fingerprint density at radius 1 is 1.36 bits per heavy atom. The second kappa shape index (κ2) is 9.45. The second-order valence-corrected chi connectivity index (χ2v) is 6.82. The zero-order valence-corrected chi connectivity index (χ0v) is 16.0. The predicted octanol–water partition coefficient (Wildman–Crippen LogP) is 2.89. The van der Waals surface area contributed by atoms with E-state index in [0.717, 1.165) is 34.2 Å². The Bertz CT molecular complexity index is 703. The maximum absolute atomic E-state index is 11.4. The van der Waals surface area contributed by atoms with Gasteiger partial charge in [-0.15, -0.1) is 0 Å². The number of fused-ring (bicyclic) bond motifs is 1. The van der Waals surface area contributed by atoms with Crippen molar-refractivity contribution < 1.29 is 9.53 Å². The number of rotatable bonds is 9. The molecule has 2 rings (SSSR count). The van der Waals surface area contributed by atoms with Crippen LogP contribution in [0.25, 0.3) is 11.0 Å². The van der Waals surface area contributed by atoms with Crippen LogP contribution in [0, 0.1) is 0 Å². The summed E-state index contributed by atoms with van der Waals surface area (Å²) in [7, 11) is 0. The summed E-state index contributed by atoms with van der Waals surface area (Å²) >= 11 is 1.63. The lowest BCUT2D eigenvalue weighted by atomic mass is 10.3. The summed E-state index contributed by atoms with van der Waals surface area (Å²) < 4.78 is 6.64. The summed E-state index contributed by atoms with van der Waals surface area (Å²) in [6.07, 6.45) is 2.40. The number of alkyl carbamates (subject to hydrolysis) is 1. The van der Waals surface area contributed by atoms with Gasteiger partial charge in [0.1, 0.15) is 5.82 Å². The molecule has 1 amide bonds. The minimum absolute atomic E-state index is 0.260. The largest absolute Gasteiger partial charge is 0.450 e. The summed E-state index contributed by atoms with van der Waals surface area (Å²) in [5, 5.41) is 12.1. The number of thioether (sulfide) groups is 1. The van der Waals surface area contributed by atoms with Crippen LogP contribution in [-0.2, 0) is 11.3 Å². The molecule has 0 spiro atoms.